The van der Waals surface area contributed by atoms with Gasteiger partial charge in [0.25, 0.3) is 5.56 Å². The van der Waals surface area contributed by atoms with Gasteiger partial charge in [0.1, 0.15) is 11.5 Å². The Labute approximate surface area is 151 Å². The lowest BCUT2D eigenvalue weighted by Crippen LogP contribution is -2.19. The molecule has 3 aromatic rings. The van der Waals surface area contributed by atoms with Gasteiger partial charge >= 0.3 is 0 Å². The van der Waals surface area contributed by atoms with Crippen molar-refractivity contribution in [2.45, 2.75) is 32.6 Å². The first kappa shape index (κ1) is 17.8. The summed E-state index contributed by atoms with van der Waals surface area (Å²) in [6.07, 6.45) is 0.295. The summed E-state index contributed by atoms with van der Waals surface area (Å²) in [5.74, 6) is -0.0351. The van der Waals surface area contributed by atoms with E-state index in [0.717, 1.165) is 11.3 Å². The highest BCUT2D eigenvalue weighted by atomic mass is 19.1. The Kier molecular flexibility index (Phi) is 4.84. The molecule has 26 heavy (non-hydrogen) atoms. The minimum atomic E-state index is -0.321. The molecule has 0 spiro atoms. The summed E-state index contributed by atoms with van der Waals surface area (Å²) in [6, 6.07) is 13.9. The van der Waals surface area contributed by atoms with Crippen LogP contribution in [0.2, 0.25) is 0 Å². The predicted octanol–water partition coefficient (Wildman–Crippen LogP) is 3.94. The molecular formula is C20H21FN4O. The van der Waals surface area contributed by atoms with Crippen molar-refractivity contribution in [2.75, 3.05) is 5.32 Å². The van der Waals surface area contributed by atoms with E-state index in [9.17, 15) is 9.18 Å². The van der Waals surface area contributed by atoms with Crippen LogP contribution in [0.25, 0.3) is 0 Å². The molecule has 6 heteroatoms. The molecule has 3 rings (SSSR count). The van der Waals surface area contributed by atoms with Crippen LogP contribution in [0.3, 0.4) is 0 Å². The number of hydrogen-bond acceptors (Lipinski definition) is 4. The maximum absolute atomic E-state index is 13.0. The zero-order valence-corrected chi connectivity index (χ0v) is 15.0. The number of nitrogens with zero attached hydrogens (tertiary/aromatic N) is 2. The SMILES string of the molecule is CC(C)(C)c1ccc(Nc2nnc(Cc3ccc(F)cc3)c(=O)[nH]2)cc1. The number of aromatic nitrogens is 3. The van der Waals surface area contributed by atoms with Crippen molar-refractivity contribution in [1.82, 2.24) is 15.2 Å². The first-order valence-electron chi connectivity index (χ1n) is 8.39. The lowest BCUT2D eigenvalue weighted by Gasteiger charge is -2.19. The van der Waals surface area contributed by atoms with Crippen LogP contribution in [0.5, 0.6) is 0 Å². The highest BCUT2D eigenvalue weighted by Gasteiger charge is 2.13. The largest absolute Gasteiger partial charge is 0.324 e. The van der Waals surface area contributed by atoms with E-state index in [4.69, 9.17) is 0 Å². The second-order valence-electron chi connectivity index (χ2n) is 7.21. The summed E-state index contributed by atoms with van der Waals surface area (Å²) in [7, 11) is 0. The zero-order chi connectivity index (χ0) is 18.7. The second kappa shape index (κ2) is 7.07. The van der Waals surface area contributed by atoms with E-state index < -0.39 is 0 Å². The fourth-order valence-corrected chi connectivity index (χ4v) is 2.52. The topological polar surface area (TPSA) is 70.7 Å². The number of hydrogen-bond donors (Lipinski definition) is 2. The molecule has 1 heterocycles. The van der Waals surface area contributed by atoms with Crippen LogP contribution in [0.15, 0.2) is 53.3 Å². The Morgan fingerprint density at radius 2 is 1.65 bits per heavy atom. The number of aromatic amines is 1. The van der Waals surface area contributed by atoms with Crippen LogP contribution in [0.4, 0.5) is 16.0 Å². The highest BCUT2D eigenvalue weighted by molar-refractivity contribution is 5.53. The van der Waals surface area contributed by atoms with Crippen LogP contribution in [-0.4, -0.2) is 15.2 Å². The standard InChI is InChI=1S/C20H21FN4O/c1-20(2,3)14-6-10-16(11-7-14)22-19-23-18(26)17(24-25-19)12-13-4-8-15(21)9-5-13/h4-11H,12H2,1-3H3,(H2,22,23,25,26). The first-order chi connectivity index (χ1) is 12.3. The summed E-state index contributed by atoms with van der Waals surface area (Å²) in [5, 5.41) is 11.1. The maximum atomic E-state index is 13.0. The minimum Gasteiger partial charge on any atom is -0.324 e. The van der Waals surface area contributed by atoms with Gasteiger partial charge in [0.2, 0.25) is 5.95 Å². The van der Waals surface area contributed by atoms with Gasteiger partial charge in [0.05, 0.1) is 0 Å². The monoisotopic (exact) mass is 352 g/mol. The van der Waals surface area contributed by atoms with Crippen molar-refractivity contribution in [3.63, 3.8) is 0 Å². The van der Waals surface area contributed by atoms with Crippen molar-refractivity contribution in [2.24, 2.45) is 0 Å². The number of benzene rings is 2. The van der Waals surface area contributed by atoms with Crippen LogP contribution >= 0.6 is 0 Å². The average Bonchev–Trinajstić information content (AvgIpc) is 2.59. The van der Waals surface area contributed by atoms with Crippen LogP contribution < -0.4 is 10.9 Å². The third-order valence-corrected chi connectivity index (χ3v) is 4.06. The fraction of sp³-hybridized carbons (Fsp3) is 0.250. The third-order valence-electron chi connectivity index (χ3n) is 4.06. The molecule has 0 unspecified atom stereocenters. The van der Waals surface area contributed by atoms with Crippen molar-refractivity contribution in [1.29, 1.82) is 0 Å². The summed E-state index contributed by atoms with van der Waals surface area (Å²) >= 11 is 0. The van der Waals surface area contributed by atoms with E-state index in [-0.39, 0.29) is 28.4 Å². The van der Waals surface area contributed by atoms with Crippen molar-refractivity contribution in [3.05, 3.63) is 81.5 Å². The molecule has 0 aliphatic rings. The number of rotatable bonds is 4. The fourth-order valence-electron chi connectivity index (χ4n) is 2.52. The van der Waals surface area contributed by atoms with Crippen LogP contribution in [-0.2, 0) is 11.8 Å². The van der Waals surface area contributed by atoms with Crippen molar-refractivity contribution < 1.29 is 4.39 Å². The van der Waals surface area contributed by atoms with E-state index in [0.29, 0.717) is 6.42 Å². The van der Waals surface area contributed by atoms with Gasteiger partial charge < -0.3 is 5.32 Å². The minimum absolute atomic E-state index is 0.0780. The van der Waals surface area contributed by atoms with E-state index >= 15 is 0 Å². The summed E-state index contributed by atoms with van der Waals surface area (Å²) < 4.78 is 13.0. The van der Waals surface area contributed by atoms with Gasteiger partial charge in [-0.15, -0.1) is 10.2 Å². The lowest BCUT2D eigenvalue weighted by molar-refractivity contribution is 0.590. The molecule has 5 nitrogen and oxygen atoms in total. The van der Waals surface area contributed by atoms with Gasteiger partial charge in [-0.3, -0.25) is 9.78 Å². The lowest BCUT2D eigenvalue weighted by atomic mass is 9.87. The van der Waals surface area contributed by atoms with Gasteiger partial charge in [-0.05, 0) is 40.8 Å². The Hall–Kier alpha value is -3.02. The quantitative estimate of drug-likeness (QED) is 0.746. The normalized spacial score (nSPS) is 11.4. The van der Waals surface area contributed by atoms with E-state index in [2.05, 4.69) is 41.3 Å². The number of halogens is 1. The van der Waals surface area contributed by atoms with Crippen LogP contribution in [0, 0.1) is 5.82 Å². The maximum Gasteiger partial charge on any atom is 0.274 e. The Morgan fingerprint density at radius 3 is 2.23 bits per heavy atom. The Morgan fingerprint density at radius 1 is 1.00 bits per heavy atom. The average molecular weight is 352 g/mol. The molecule has 0 saturated carbocycles. The van der Waals surface area contributed by atoms with Gasteiger partial charge in [-0.1, -0.05) is 45.0 Å². The predicted molar refractivity (Wildman–Crippen MR) is 100 cm³/mol. The van der Waals surface area contributed by atoms with Gasteiger partial charge in [0, 0.05) is 12.1 Å². The molecule has 2 N–H and O–H groups in total. The molecule has 0 amide bonds. The molecule has 1 aromatic heterocycles. The first-order valence-corrected chi connectivity index (χ1v) is 8.39. The molecule has 0 bridgehead atoms. The zero-order valence-electron chi connectivity index (χ0n) is 15.0. The molecule has 0 aliphatic carbocycles. The number of anilines is 2. The Balaban J connectivity index is 1.73. The third kappa shape index (κ3) is 4.33. The molecule has 0 fully saturated rings. The smallest absolute Gasteiger partial charge is 0.274 e. The summed E-state index contributed by atoms with van der Waals surface area (Å²) in [5.41, 5.74) is 2.87. The molecule has 0 radical (unpaired) electrons. The van der Waals surface area contributed by atoms with Gasteiger partial charge in [-0.25, -0.2) is 4.39 Å². The number of nitrogens with one attached hydrogen (secondary N) is 2. The van der Waals surface area contributed by atoms with Gasteiger partial charge in [0.15, 0.2) is 0 Å². The molecule has 0 aliphatic heterocycles. The molecule has 134 valence electrons. The van der Waals surface area contributed by atoms with E-state index in [1.165, 1.54) is 17.7 Å². The summed E-state index contributed by atoms with van der Waals surface area (Å²) in [4.78, 5) is 14.9. The highest BCUT2D eigenvalue weighted by Crippen LogP contribution is 2.24. The Bertz CT molecular complexity index is 941. The van der Waals surface area contributed by atoms with E-state index in [1.54, 1.807) is 12.1 Å². The second-order valence-corrected chi connectivity index (χ2v) is 7.21. The van der Waals surface area contributed by atoms with Crippen molar-refractivity contribution >= 4 is 11.6 Å². The molecular weight excluding hydrogens is 331 g/mol. The van der Waals surface area contributed by atoms with E-state index in [1.807, 2.05) is 24.3 Å². The molecule has 2 aromatic carbocycles. The van der Waals surface area contributed by atoms with Crippen LogP contribution in [0.1, 0.15) is 37.6 Å². The number of H-pyrrole nitrogens is 1. The molecule has 0 saturated heterocycles. The van der Waals surface area contributed by atoms with Crippen molar-refractivity contribution in [3.8, 4) is 0 Å². The molecule has 0 atom stereocenters. The van der Waals surface area contributed by atoms with Gasteiger partial charge in [-0.2, -0.15) is 0 Å². The summed E-state index contributed by atoms with van der Waals surface area (Å²) in [6.45, 7) is 6.45.